The Morgan fingerprint density at radius 2 is 1.85 bits per heavy atom. The highest BCUT2D eigenvalue weighted by Crippen LogP contribution is 2.26. The number of aliphatic hydroxyl groups is 1. The molecule has 0 aliphatic carbocycles. The van der Waals surface area contributed by atoms with Crippen molar-refractivity contribution in [2.24, 2.45) is 5.92 Å². The lowest BCUT2D eigenvalue weighted by molar-refractivity contribution is 0.220. The summed E-state index contributed by atoms with van der Waals surface area (Å²) >= 11 is 1.77. The number of thiophene rings is 1. The quantitative estimate of drug-likeness (QED) is 0.815. The molecule has 2 unspecified atom stereocenters. The zero-order valence-corrected chi connectivity index (χ0v) is 12.9. The van der Waals surface area contributed by atoms with Crippen molar-refractivity contribution in [1.29, 1.82) is 0 Å². The first-order chi connectivity index (χ1) is 9.70. The number of benzene rings is 1. The fourth-order valence-corrected chi connectivity index (χ4v) is 3.36. The van der Waals surface area contributed by atoms with Crippen molar-refractivity contribution in [3.63, 3.8) is 0 Å². The monoisotopic (exact) mass is 289 g/mol. The molecule has 1 aromatic carbocycles. The normalized spacial score (nSPS) is 14.4. The lowest BCUT2D eigenvalue weighted by atomic mass is 9.99. The van der Waals surface area contributed by atoms with Crippen LogP contribution in [0.1, 0.15) is 30.3 Å². The summed E-state index contributed by atoms with van der Waals surface area (Å²) in [6.07, 6.45) is 0.853. The van der Waals surface area contributed by atoms with Gasteiger partial charge < -0.3 is 10.4 Å². The van der Waals surface area contributed by atoms with E-state index >= 15 is 0 Å². The van der Waals surface area contributed by atoms with E-state index in [0.717, 1.165) is 6.42 Å². The summed E-state index contributed by atoms with van der Waals surface area (Å²) in [5.41, 5.74) is 1.26. The van der Waals surface area contributed by atoms with Crippen LogP contribution in [0.5, 0.6) is 0 Å². The van der Waals surface area contributed by atoms with E-state index in [1.807, 2.05) is 18.2 Å². The lowest BCUT2D eigenvalue weighted by Gasteiger charge is -2.27. The third-order valence-electron chi connectivity index (χ3n) is 3.48. The maximum absolute atomic E-state index is 9.66. The van der Waals surface area contributed by atoms with Crippen LogP contribution in [0, 0.1) is 5.92 Å². The van der Waals surface area contributed by atoms with Crippen molar-refractivity contribution in [2.75, 3.05) is 6.61 Å². The van der Waals surface area contributed by atoms with Crippen LogP contribution in [0.2, 0.25) is 0 Å². The molecule has 0 radical (unpaired) electrons. The molecule has 2 N–H and O–H groups in total. The molecule has 0 aliphatic heterocycles. The van der Waals surface area contributed by atoms with Crippen molar-refractivity contribution >= 4 is 11.3 Å². The van der Waals surface area contributed by atoms with E-state index in [2.05, 4.69) is 48.8 Å². The molecule has 1 aromatic heterocycles. The third kappa shape index (κ3) is 4.17. The molecule has 2 atom stereocenters. The van der Waals surface area contributed by atoms with Crippen molar-refractivity contribution in [3.8, 4) is 0 Å². The molecule has 108 valence electrons. The maximum Gasteiger partial charge on any atom is 0.0588 e. The molecular formula is C17H23NOS. The largest absolute Gasteiger partial charge is 0.395 e. The Morgan fingerprint density at radius 1 is 1.10 bits per heavy atom. The van der Waals surface area contributed by atoms with Gasteiger partial charge in [-0.1, -0.05) is 50.2 Å². The van der Waals surface area contributed by atoms with E-state index in [4.69, 9.17) is 0 Å². The summed E-state index contributed by atoms with van der Waals surface area (Å²) < 4.78 is 0. The van der Waals surface area contributed by atoms with Gasteiger partial charge in [0, 0.05) is 17.0 Å². The molecule has 0 saturated carbocycles. The van der Waals surface area contributed by atoms with Gasteiger partial charge in [-0.15, -0.1) is 11.3 Å². The van der Waals surface area contributed by atoms with Gasteiger partial charge in [0.15, 0.2) is 0 Å². The van der Waals surface area contributed by atoms with Crippen LogP contribution in [0.3, 0.4) is 0 Å². The van der Waals surface area contributed by atoms with Gasteiger partial charge in [-0.3, -0.25) is 0 Å². The van der Waals surface area contributed by atoms with Crippen molar-refractivity contribution in [1.82, 2.24) is 5.32 Å². The SMILES string of the molecule is CC(C)C(NC(CO)Cc1ccccc1)c1cccs1. The third-order valence-corrected chi connectivity index (χ3v) is 4.43. The molecule has 3 heteroatoms. The minimum atomic E-state index is 0.0897. The Balaban J connectivity index is 2.04. The number of hydrogen-bond donors (Lipinski definition) is 2. The molecule has 0 aliphatic rings. The lowest BCUT2D eigenvalue weighted by Crippen LogP contribution is -2.39. The fraction of sp³-hybridized carbons (Fsp3) is 0.412. The van der Waals surface area contributed by atoms with Crippen LogP contribution >= 0.6 is 11.3 Å². The molecule has 20 heavy (non-hydrogen) atoms. The van der Waals surface area contributed by atoms with Crippen molar-refractivity contribution in [2.45, 2.75) is 32.4 Å². The maximum atomic E-state index is 9.66. The average Bonchev–Trinajstić information content (AvgIpc) is 2.98. The fourth-order valence-electron chi connectivity index (χ4n) is 2.40. The predicted molar refractivity (Wildman–Crippen MR) is 86.1 cm³/mol. The molecule has 0 saturated heterocycles. The summed E-state index contributed by atoms with van der Waals surface area (Å²) in [6, 6.07) is 15.0. The molecule has 0 bridgehead atoms. The van der Waals surface area contributed by atoms with Gasteiger partial charge in [0.1, 0.15) is 0 Å². The Kier molecular flexibility index (Phi) is 5.77. The van der Waals surface area contributed by atoms with Crippen LogP contribution in [-0.2, 0) is 6.42 Å². The van der Waals surface area contributed by atoms with Crippen LogP contribution in [0.15, 0.2) is 47.8 Å². The van der Waals surface area contributed by atoms with E-state index in [0.29, 0.717) is 12.0 Å². The highest BCUT2D eigenvalue weighted by atomic mass is 32.1. The summed E-state index contributed by atoms with van der Waals surface area (Å²) in [6.45, 7) is 4.59. The molecule has 0 fully saturated rings. The molecule has 2 aromatic rings. The first-order valence-electron chi connectivity index (χ1n) is 7.15. The molecule has 0 spiro atoms. The second kappa shape index (κ2) is 7.58. The smallest absolute Gasteiger partial charge is 0.0588 e. The predicted octanol–water partition coefficient (Wildman–Crippen LogP) is 3.64. The second-order valence-electron chi connectivity index (χ2n) is 5.47. The van der Waals surface area contributed by atoms with Crippen LogP contribution < -0.4 is 5.32 Å². The van der Waals surface area contributed by atoms with Crippen LogP contribution in [0.25, 0.3) is 0 Å². The van der Waals surface area contributed by atoms with Gasteiger partial charge in [-0.25, -0.2) is 0 Å². The highest BCUT2D eigenvalue weighted by molar-refractivity contribution is 7.10. The number of aliphatic hydroxyl groups excluding tert-OH is 1. The van der Waals surface area contributed by atoms with Gasteiger partial charge >= 0.3 is 0 Å². The summed E-state index contributed by atoms with van der Waals surface area (Å²) in [7, 11) is 0. The minimum Gasteiger partial charge on any atom is -0.395 e. The summed E-state index contributed by atoms with van der Waals surface area (Å²) in [4.78, 5) is 1.34. The Hall–Kier alpha value is -1.16. The average molecular weight is 289 g/mol. The first-order valence-corrected chi connectivity index (χ1v) is 8.03. The molecular weight excluding hydrogens is 266 g/mol. The molecule has 2 rings (SSSR count). The van der Waals surface area contributed by atoms with Gasteiger partial charge in [-0.05, 0) is 29.3 Å². The number of rotatable bonds is 7. The second-order valence-corrected chi connectivity index (χ2v) is 6.45. The molecule has 1 heterocycles. The van der Waals surface area contributed by atoms with E-state index in [1.54, 1.807) is 11.3 Å². The zero-order valence-electron chi connectivity index (χ0n) is 12.1. The topological polar surface area (TPSA) is 32.3 Å². The van der Waals surface area contributed by atoms with Crippen LogP contribution in [0.4, 0.5) is 0 Å². The Bertz CT molecular complexity index is 481. The zero-order chi connectivity index (χ0) is 14.4. The first kappa shape index (κ1) is 15.2. The summed E-state index contributed by atoms with van der Waals surface area (Å²) in [5.74, 6) is 0.499. The number of hydrogen-bond acceptors (Lipinski definition) is 3. The van der Waals surface area contributed by atoms with Crippen molar-refractivity contribution < 1.29 is 5.11 Å². The number of nitrogens with one attached hydrogen (secondary N) is 1. The van der Waals surface area contributed by atoms with Crippen LogP contribution in [-0.4, -0.2) is 17.8 Å². The Morgan fingerprint density at radius 3 is 2.40 bits per heavy atom. The standard InChI is InChI=1S/C17H23NOS/c1-13(2)17(16-9-6-10-20-16)18-15(12-19)11-14-7-4-3-5-8-14/h3-10,13,15,17-19H,11-12H2,1-2H3. The van der Waals surface area contributed by atoms with E-state index < -0.39 is 0 Å². The highest BCUT2D eigenvalue weighted by Gasteiger charge is 2.20. The van der Waals surface area contributed by atoms with Gasteiger partial charge in [0.05, 0.1) is 6.61 Å². The van der Waals surface area contributed by atoms with E-state index in [1.165, 1.54) is 10.4 Å². The van der Waals surface area contributed by atoms with Gasteiger partial charge in [0.25, 0.3) is 0 Å². The van der Waals surface area contributed by atoms with Gasteiger partial charge in [0.2, 0.25) is 0 Å². The van der Waals surface area contributed by atoms with E-state index in [-0.39, 0.29) is 12.6 Å². The minimum absolute atomic E-state index is 0.0897. The van der Waals surface area contributed by atoms with Crippen molar-refractivity contribution in [3.05, 3.63) is 58.3 Å². The summed E-state index contributed by atoms with van der Waals surface area (Å²) in [5, 5.41) is 15.4. The molecule has 2 nitrogen and oxygen atoms in total. The molecule has 0 amide bonds. The van der Waals surface area contributed by atoms with Gasteiger partial charge in [-0.2, -0.15) is 0 Å². The van der Waals surface area contributed by atoms with E-state index in [9.17, 15) is 5.11 Å². The Labute approximate surface area is 125 Å².